The number of carbonyl (C=O) groups is 1. The molecule has 0 saturated carbocycles. The van der Waals surface area contributed by atoms with Crippen molar-refractivity contribution in [2.75, 3.05) is 14.2 Å². The molecule has 0 saturated heterocycles. The van der Waals surface area contributed by atoms with Gasteiger partial charge in [0.2, 0.25) is 0 Å². The summed E-state index contributed by atoms with van der Waals surface area (Å²) in [4.78, 5) is 24.5. The number of methoxy groups -OCH3 is 2. The molecule has 1 N–H and O–H groups in total. The first-order chi connectivity index (χ1) is 8.58. The Balaban J connectivity index is 2.74. The number of aromatic nitrogens is 1. The Labute approximate surface area is 101 Å². The van der Waals surface area contributed by atoms with Crippen LogP contribution in [0.15, 0.2) is 18.2 Å². The highest BCUT2D eigenvalue weighted by atomic mass is 16.6. The maximum Gasteiger partial charge on any atom is 0.354 e. The summed E-state index contributed by atoms with van der Waals surface area (Å²) in [6.45, 7) is 0. The van der Waals surface area contributed by atoms with Crippen LogP contribution >= 0.6 is 0 Å². The largest absolute Gasteiger partial charge is 0.495 e. The van der Waals surface area contributed by atoms with Crippen LogP contribution in [0, 0.1) is 10.1 Å². The number of benzene rings is 1. The monoisotopic (exact) mass is 250 g/mol. The minimum absolute atomic E-state index is 0.0998. The number of nitro benzene ring substituents is 1. The number of fused-ring (bicyclic) bond motifs is 1. The van der Waals surface area contributed by atoms with Gasteiger partial charge in [-0.2, -0.15) is 0 Å². The van der Waals surface area contributed by atoms with E-state index >= 15 is 0 Å². The van der Waals surface area contributed by atoms with Crippen LogP contribution in [0.2, 0.25) is 0 Å². The topological polar surface area (TPSA) is 94.5 Å². The standard InChI is InChI=1S/C11H10N2O5/c1-17-9-4-3-8(13(15)16)6-5-7(11(14)18-2)12-10(6)9/h3-5,12H,1-2H3. The van der Waals surface area contributed by atoms with Crippen molar-refractivity contribution < 1.29 is 19.2 Å². The third-order valence-corrected chi connectivity index (χ3v) is 2.55. The zero-order chi connectivity index (χ0) is 13.3. The third-order valence-electron chi connectivity index (χ3n) is 2.55. The summed E-state index contributed by atoms with van der Waals surface area (Å²) >= 11 is 0. The Bertz CT molecular complexity index is 632. The van der Waals surface area contributed by atoms with Gasteiger partial charge in [-0.05, 0) is 12.1 Å². The third kappa shape index (κ3) is 1.75. The van der Waals surface area contributed by atoms with Crippen LogP contribution in [-0.2, 0) is 4.74 Å². The summed E-state index contributed by atoms with van der Waals surface area (Å²) in [7, 11) is 2.68. The molecule has 2 rings (SSSR count). The van der Waals surface area contributed by atoms with Gasteiger partial charge in [-0.15, -0.1) is 0 Å². The van der Waals surface area contributed by atoms with Crippen LogP contribution < -0.4 is 4.74 Å². The number of hydrogen-bond acceptors (Lipinski definition) is 5. The van der Waals surface area contributed by atoms with Crippen LogP contribution in [0.1, 0.15) is 10.5 Å². The molecule has 0 atom stereocenters. The summed E-state index contributed by atoms with van der Waals surface area (Å²) in [5.74, 6) is -0.173. The van der Waals surface area contributed by atoms with E-state index in [9.17, 15) is 14.9 Å². The zero-order valence-corrected chi connectivity index (χ0v) is 9.72. The first-order valence-corrected chi connectivity index (χ1v) is 5.01. The molecule has 94 valence electrons. The number of non-ortho nitro benzene ring substituents is 1. The molecular weight excluding hydrogens is 240 g/mol. The Morgan fingerprint density at radius 2 is 2.11 bits per heavy atom. The first-order valence-electron chi connectivity index (χ1n) is 5.01. The number of H-pyrrole nitrogens is 1. The molecule has 7 heteroatoms. The second-order valence-corrected chi connectivity index (χ2v) is 3.51. The van der Waals surface area contributed by atoms with E-state index in [2.05, 4.69) is 9.72 Å². The average molecular weight is 250 g/mol. The molecule has 1 aromatic heterocycles. The number of ether oxygens (including phenoxy) is 2. The molecule has 7 nitrogen and oxygen atoms in total. The quantitative estimate of drug-likeness (QED) is 0.509. The molecule has 0 aliphatic rings. The maximum atomic E-state index is 11.4. The molecule has 0 aliphatic heterocycles. The van der Waals surface area contributed by atoms with Crippen LogP contribution in [-0.4, -0.2) is 30.1 Å². The van der Waals surface area contributed by atoms with E-state index in [4.69, 9.17) is 4.74 Å². The van der Waals surface area contributed by atoms with E-state index in [1.54, 1.807) is 0 Å². The number of rotatable bonds is 3. The Morgan fingerprint density at radius 3 is 2.67 bits per heavy atom. The van der Waals surface area contributed by atoms with E-state index in [1.807, 2.05) is 0 Å². The summed E-state index contributed by atoms with van der Waals surface area (Å²) in [5, 5.41) is 11.2. The van der Waals surface area contributed by atoms with Crippen molar-refractivity contribution in [1.82, 2.24) is 4.98 Å². The highest BCUT2D eigenvalue weighted by Crippen LogP contribution is 2.33. The average Bonchev–Trinajstić information content (AvgIpc) is 2.80. The second kappa shape index (κ2) is 4.36. The van der Waals surface area contributed by atoms with E-state index in [-0.39, 0.29) is 11.4 Å². The summed E-state index contributed by atoms with van der Waals surface area (Å²) in [6, 6.07) is 4.18. The number of esters is 1. The molecule has 18 heavy (non-hydrogen) atoms. The molecule has 0 bridgehead atoms. The van der Waals surface area contributed by atoms with Gasteiger partial charge in [0.15, 0.2) is 0 Å². The van der Waals surface area contributed by atoms with Gasteiger partial charge < -0.3 is 14.5 Å². The Hall–Kier alpha value is -2.57. The molecule has 0 spiro atoms. The minimum Gasteiger partial charge on any atom is -0.495 e. The molecule has 0 unspecified atom stereocenters. The molecule has 1 heterocycles. The zero-order valence-electron chi connectivity index (χ0n) is 9.72. The van der Waals surface area contributed by atoms with Crippen LogP contribution in [0.3, 0.4) is 0 Å². The van der Waals surface area contributed by atoms with Crippen molar-refractivity contribution in [3.8, 4) is 5.75 Å². The van der Waals surface area contributed by atoms with Gasteiger partial charge >= 0.3 is 5.97 Å². The van der Waals surface area contributed by atoms with E-state index in [0.717, 1.165) is 0 Å². The first kappa shape index (κ1) is 11.9. The summed E-state index contributed by atoms with van der Waals surface area (Å²) < 4.78 is 9.64. The Morgan fingerprint density at radius 1 is 1.39 bits per heavy atom. The fraction of sp³-hybridized carbons (Fsp3) is 0.182. The van der Waals surface area contributed by atoms with Crippen molar-refractivity contribution in [3.63, 3.8) is 0 Å². The van der Waals surface area contributed by atoms with Gasteiger partial charge in [0.1, 0.15) is 11.4 Å². The fourth-order valence-corrected chi connectivity index (χ4v) is 1.73. The van der Waals surface area contributed by atoms with Crippen LogP contribution in [0.25, 0.3) is 10.9 Å². The van der Waals surface area contributed by atoms with E-state index in [1.165, 1.54) is 32.4 Å². The Kier molecular flexibility index (Phi) is 2.88. The SMILES string of the molecule is COC(=O)c1cc2c([N+](=O)[O-])ccc(OC)c2[nH]1. The van der Waals surface area contributed by atoms with E-state index < -0.39 is 10.9 Å². The lowest BCUT2D eigenvalue weighted by Gasteiger charge is -2.01. The number of aromatic amines is 1. The van der Waals surface area contributed by atoms with Gasteiger partial charge in [-0.25, -0.2) is 4.79 Å². The lowest BCUT2D eigenvalue weighted by Crippen LogP contribution is -2.00. The molecule has 0 amide bonds. The number of carbonyl (C=O) groups excluding carboxylic acids is 1. The molecule has 2 aromatic rings. The number of nitrogens with one attached hydrogen (secondary N) is 1. The maximum absolute atomic E-state index is 11.4. The van der Waals surface area contributed by atoms with Gasteiger partial charge in [-0.3, -0.25) is 10.1 Å². The van der Waals surface area contributed by atoms with Crippen molar-refractivity contribution in [2.45, 2.75) is 0 Å². The summed E-state index contributed by atoms with van der Waals surface area (Å²) in [5.41, 5.74) is 0.435. The lowest BCUT2D eigenvalue weighted by atomic mass is 10.2. The van der Waals surface area contributed by atoms with Crippen molar-refractivity contribution in [1.29, 1.82) is 0 Å². The molecule has 0 fully saturated rings. The van der Waals surface area contributed by atoms with Crippen LogP contribution in [0.5, 0.6) is 5.75 Å². The van der Waals surface area contributed by atoms with Crippen LogP contribution in [0.4, 0.5) is 5.69 Å². The predicted octanol–water partition coefficient (Wildman–Crippen LogP) is 1.87. The molecule has 1 aromatic carbocycles. The lowest BCUT2D eigenvalue weighted by molar-refractivity contribution is -0.383. The van der Waals surface area contributed by atoms with Gasteiger partial charge in [0.05, 0.1) is 30.0 Å². The van der Waals surface area contributed by atoms with Crippen molar-refractivity contribution in [2.24, 2.45) is 0 Å². The minimum atomic E-state index is -0.595. The van der Waals surface area contributed by atoms with Crippen molar-refractivity contribution in [3.05, 3.63) is 34.0 Å². The molecule has 0 aliphatic carbocycles. The molecular formula is C11H10N2O5. The molecule has 0 radical (unpaired) electrons. The van der Waals surface area contributed by atoms with Gasteiger partial charge in [0, 0.05) is 6.07 Å². The smallest absolute Gasteiger partial charge is 0.354 e. The second-order valence-electron chi connectivity index (χ2n) is 3.51. The summed E-state index contributed by atoms with van der Waals surface area (Å²) in [6.07, 6.45) is 0. The van der Waals surface area contributed by atoms with Crippen molar-refractivity contribution >= 4 is 22.6 Å². The highest BCUT2D eigenvalue weighted by Gasteiger charge is 2.20. The fourth-order valence-electron chi connectivity index (χ4n) is 1.73. The van der Waals surface area contributed by atoms with Gasteiger partial charge in [0.25, 0.3) is 5.69 Å². The predicted molar refractivity (Wildman–Crippen MR) is 62.8 cm³/mol. The normalized spacial score (nSPS) is 10.3. The highest BCUT2D eigenvalue weighted by molar-refractivity contribution is 6.00. The van der Waals surface area contributed by atoms with E-state index in [0.29, 0.717) is 16.7 Å². The number of nitrogens with zero attached hydrogens (tertiary/aromatic N) is 1. The van der Waals surface area contributed by atoms with Gasteiger partial charge in [-0.1, -0.05) is 0 Å². The number of hydrogen-bond donors (Lipinski definition) is 1. The number of nitro groups is 1.